The van der Waals surface area contributed by atoms with E-state index in [-0.39, 0.29) is 12.5 Å². The van der Waals surface area contributed by atoms with Crippen LogP contribution in [0.5, 0.6) is 0 Å². The first-order chi connectivity index (χ1) is 9.87. The van der Waals surface area contributed by atoms with E-state index in [0.717, 1.165) is 19.3 Å². The van der Waals surface area contributed by atoms with Crippen LogP contribution in [0.25, 0.3) is 0 Å². The summed E-state index contributed by atoms with van der Waals surface area (Å²) in [5, 5.41) is 3.35. The molecule has 21 heavy (non-hydrogen) atoms. The van der Waals surface area contributed by atoms with E-state index in [1.807, 2.05) is 0 Å². The average Bonchev–Trinajstić information content (AvgIpc) is 2.86. The number of hydrogen-bond donors (Lipinski definition) is 0. The lowest BCUT2D eigenvalue weighted by atomic mass is 9.74. The lowest BCUT2D eigenvalue weighted by molar-refractivity contribution is -0.153. The average molecular weight is 306 g/mol. The maximum absolute atomic E-state index is 12.4. The number of halogens is 3. The largest absolute Gasteiger partial charge is 0.465 e. The highest BCUT2D eigenvalue weighted by Crippen LogP contribution is 2.40. The number of esters is 1. The number of carbonyl (C=O) groups excluding carboxylic acids is 1. The molecule has 0 aromatic carbocycles. The Morgan fingerprint density at radius 1 is 1.33 bits per heavy atom. The van der Waals surface area contributed by atoms with E-state index in [1.165, 1.54) is 0 Å². The van der Waals surface area contributed by atoms with Crippen molar-refractivity contribution in [1.29, 1.82) is 0 Å². The lowest BCUT2D eigenvalue weighted by Gasteiger charge is -2.31. The maximum Gasteiger partial charge on any atom is 0.396 e. The zero-order chi connectivity index (χ0) is 15.5. The fourth-order valence-electron chi connectivity index (χ4n) is 2.63. The van der Waals surface area contributed by atoms with Gasteiger partial charge < -0.3 is 9.26 Å². The molecule has 0 bridgehead atoms. The highest BCUT2D eigenvalue weighted by atomic mass is 19.4. The number of alkyl halides is 3. The first-order valence-corrected chi connectivity index (χ1v) is 6.94. The van der Waals surface area contributed by atoms with Gasteiger partial charge in [-0.1, -0.05) is 24.4 Å². The van der Waals surface area contributed by atoms with Crippen molar-refractivity contribution in [1.82, 2.24) is 10.1 Å². The number of rotatable bonds is 4. The zero-order valence-electron chi connectivity index (χ0n) is 11.7. The zero-order valence-corrected chi connectivity index (χ0v) is 11.7. The van der Waals surface area contributed by atoms with E-state index in [1.54, 1.807) is 6.92 Å². The van der Waals surface area contributed by atoms with Gasteiger partial charge in [0.25, 0.3) is 0 Å². The van der Waals surface area contributed by atoms with Crippen molar-refractivity contribution in [3.63, 3.8) is 0 Å². The van der Waals surface area contributed by atoms with Crippen LogP contribution in [0.2, 0.25) is 0 Å². The Bertz CT molecular complexity index is 493. The smallest absolute Gasteiger partial charge is 0.396 e. The van der Waals surface area contributed by atoms with Crippen LogP contribution in [0.4, 0.5) is 13.2 Å². The van der Waals surface area contributed by atoms with Gasteiger partial charge in [-0.05, 0) is 19.8 Å². The SMILES string of the molecule is CCOC(=O)C1(c2nc(CC(F)(F)F)no2)CCCCC1. The van der Waals surface area contributed by atoms with Gasteiger partial charge in [-0.3, -0.25) is 4.79 Å². The van der Waals surface area contributed by atoms with Gasteiger partial charge >= 0.3 is 12.1 Å². The lowest BCUT2D eigenvalue weighted by Crippen LogP contribution is -2.39. The second-order valence-corrected chi connectivity index (χ2v) is 5.17. The van der Waals surface area contributed by atoms with Crippen LogP contribution in [0.1, 0.15) is 50.7 Å². The molecular formula is C13H17F3N2O3. The van der Waals surface area contributed by atoms with Crippen LogP contribution in [0.15, 0.2) is 4.52 Å². The number of ether oxygens (including phenoxy) is 1. The first kappa shape index (κ1) is 15.8. The fraction of sp³-hybridized carbons (Fsp3) is 0.769. The van der Waals surface area contributed by atoms with Crippen molar-refractivity contribution >= 4 is 5.97 Å². The highest BCUT2D eigenvalue weighted by molar-refractivity contribution is 5.82. The summed E-state index contributed by atoms with van der Waals surface area (Å²) in [4.78, 5) is 16.0. The minimum absolute atomic E-state index is 0.0556. The summed E-state index contributed by atoms with van der Waals surface area (Å²) < 4.78 is 47.1. The molecule has 0 amide bonds. The third kappa shape index (κ3) is 3.54. The molecule has 0 aliphatic heterocycles. The van der Waals surface area contributed by atoms with E-state index in [0.29, 0.717) is 12.8 Å². The van der Waals surface area contributed by atoms with Crippen molar-refractivity contribution in [2.75, 3.05) is 6.61 Å². The summed E-state index contributed by atoms with van der Waals surface area (Å²) in [6, 6.07) is 0. The van der Waals surface area contributed by atoms with Crippen LogP contribution in [-0.4, -0.2) is 28.9 Å². The van der Waals surface area contributed by atoms with Gasteiger partial charge in [0.2, 0.25) is 5.89 Å². The van der Waals surface area contributed by atoms with Gasteiger partial charge in [-0.25, -0.2) is 0 Å². The Morgan fingerprint density at radius 2 is 2.00 bits per heavy atom. The van der Waals surface area contributed by atoms with Gasteiger partial charge in [0.05, 0.1) is 6.61 Å². The molecule has 0 atom stereocenters. The molecule has 1 aliphatic carbocycles. The minimum atomic E-state index is -4.41. The normalized spacial score (nSPS) is 18.5. The number of carbonyl (C=O) groups is 1. The van der Waals surface area contributed by atoms with Crippen LogP contribution < -0.4 is 0 Å². The standard InChI is InChI=1S/C13H17F3N2O3/c1-2-20-11(19)12(6-4-3-5-7-12)10-17-9(18-21-10)8-13(14,15)16/h2-8H2,1H3. The summed E-state index contributed by atoms with van der Waals surface area (Å²) in [6.45, 7) is 1.88. The molecular weight excluding hydrogens is 289 g/mol. The quantitative estimate of drug-likeness (QED) is 0.800. The molecule has 0 saturated heterocycles. The molecule has 2 rings (SSSR count). The second kappa shape index (κ2) is 6.03. The molecule has 5 nitrogen and oxygen atoms in total. The summed E-state index contributed by atoms with van der Waals surface area (Å²) in [5.74, 6) is -1.00. The van der Waals surface area contributed by atoms with Gasteiger partial charge in [0.15, 0.2) is 5.82 Å². The maximum atomic E-state index is 12.4. The number of nitrogens with zero attached hydrogens (tertiary/aromatic N) is 2. The van der Waals surface area contributed by atoms with E-state index >= 15 is 0 Å². The Morgan fingerprint density at radius 3 is 2.57 bits per heavy atom. The van der Waals surface area contributed by atoms with Gasteiger partial charge in [-0.15, -0.1) is 0 Å². The van der Waals surface area contributed by atoms with Crippen molar-refractivity contribution in [3.05, 3.63) is 11.7 Å². The molecule has 0 N–H and O–H groups in total. The van der Waals surface area contributed by atoms with Gasteiger partial charge in [0, 0.05) is 0 Å². The minimum Gasteiger partial charge on any atom is -0.465 e. The molecule has 1 fully saturated rings. The topological polar surface area (TPSA) is 65.2 Å². The first-order valence-electron chi connectivity index (χ1n) is 6.94. The van der Waals surface area contributed by atoms with Crippen molar-refractivity contribution in [3.8, 4) is 0 Å². The van der Waals surface area contributed by atoms with Gasteiger partial charge in [0.1, 0.15) is 11.8 Å². The van der Waals surface area contributed by atoms with Crippen LogP contribution in [0.3, 0.4) is 0 Å². The van der Waals surface area contributed by atoms with Crippen molar-refractivity contribution in [2.45, 2.75) is 57.0 Å². The third-order valence-corrected chi connectivity index (χ3v) is 3.61. The van der Waals surface area contributed by atoms with Gasteiger partial charge in [-0.2, -0.15) is 18.2 Å². The number of aromatic nitrogens is 2. The summed E-state index contributed by atoms with van der Waals surface area (Å²) in [6.07, 6.45) is -2.25. The highest BCUT2D eigenvalue weighted by Gasteiger charge is 2.48. The summed E-state index contributed by atoms with van der Waals surface area (Å²) in [7, 11) is 0. The Balaban J connectivity index is 2.27. The molecule has 0 radical (unpaired) electrons. The Hall–Kier alpha value is -1.60. The van der Waals surface area contributed by atoms with Crippen LogP contribution in [-0.2, 0) is 21.4 Å². The number of hydrogen-bond acceptors (Lipinski definition) is 5. The molecule has 1 saturated carbocycles. The Kier molecular flexibility index (Phi) is 4.53. The molecule has 118 valence electrons. The molecule has 0 unspecified atom stereocenters. The molecule has 1 aromatic heterocycles. The molecule has 0 spiro atoms. The van der Waals surface area contributed by atoms with Crippen LogP contribution in [0, 0.1) is 0 Å². The predicted molar refractivity (Wildman–Crippen MR) is 65.5 cm³/mol. The molecule has 1 heterocycles. The third-order valence-electron chi connectivity index (χ3n) is 3.61. The monoisotopic (exact) mass is 306 g/mol. The summed E-state index contributed by atoms with van der Waals surface area (Å²) >= 11 is 0. The molecule has 1 aliphatic rings. The van der Waals surface area contributed by atoms with Crippen LogP contribution >= 0.6 is 0 Å². The predicted octanol–water partition coefficient (Wildman–Crippen LogP) is 2.94. The molecule has 8 heteroatoms. The Labute approximate surface area is 119 Å². The van der Waals surface area contributed by atoms with E-state index < -0.39 is 29.8 Å². The van der Waals surface area contributed by atoms with E-state index in [9.17, 15) is 18.0 Å². The van der Waals surface area contributed by atoms with E-state index in [4.69, 9.17) is 9.26 Å². The van der Waals surface area contributed by atoms with Crippen molar-refractivity contribution < 1.29 is 27.2 Å². The fourth-order valence-corrected chi connectivity index (χ4v) is 2.63. The van der Waals surface area contributed by atoms with E-state index in [2.05, 4.69) is 10.1 Å². The second-order valence-electron chi connectivity index (χ2n) is 5.17. The summed E-state index contributed by atoms with van der Waals surface area (Å²) in [5.41, 5.74) is -1.09. The molecule has 1 aromatic rings. The van der Waals surface area contributed by atoms with Crippen molar-refractivity contribution in [2.24, 2.45) is 0 Å².